The van der Waals surface area contributed by atoms with E-state index in [0.717, 1.165) is 0 Å². The lowest BCUT2D eigenvalue weighted by Gasteiger charge is -2.14. The Morgan fingerprint density at radius 2 is 1.94 bits per heavy atom. The van der Waals surface area contributed by atoms with Crippen molar-refractivity contribution in [3.63, 3.8) is 0 Å². The van der Waals surface area contributed by atoms with Crippen LogP contribution in [-0.4, -0.2) is 37.3 Å². The van der Waals surface area contributed by atoms with E-state index in [2.05, 4.69) is 5.32 Å². The van der Waals surface area contributed by atoms with E-state index in [1.165, 1.54) is 0 Å². The summed E-state index contributed by atoms with van der Waals surface area (Å²) in [5.41, 5.74) is 0. The molecule has 0 bridgehead atoms. The predicted octanol–water partition coefficient (Wildman–Crippen LogP) is 1.28. The summed E-state index contributed by atoms with van der Waals surface area (Å²) in [7, 11) is 0. The Balaban J connectivity index is 2.09. The Morgan fingerprint density at radius 3 is 2.56 bits per heavy atom. The smallest absolute Gasteiger partial charge is 0.282 e. The molecule has 2 N–H and O–H groups in total. The number of para-hydroxylation sites is 1. The summed E-state index contributed by atoms with van der Waals surface area (Å²) in [6.45, 7) is -1.06. The van der Waals surface area contributed by atoms with E-state index in [0.29, 0.717) is 18.9 Å². The summed E-state index contributed by atoms with van der Waals surface area (Å²) in [5, 5.41) is 10.8. The lowest BCUT2D eigenvalue weighted by molar-refractivity contribution is -0.0477. The molecule has 0 aliphatic carbocycles. The Bertz CT molecular complexity index is 293. The van der Waals surface area contributed by atoms with Crippen LogP contribution in [0.2, 0.25) is 0 Å². The molecule has 0 aromatic heterocycles. The van der Waals surface area contributed by atoms with Gasteiger partial charge in [0.2, 0.25) is 0 Å². The summed E-state index contributed by atoms with van der Waals surface area (Å²) in [6, 6.07) is 9.13. The van der Waals surface area contributed by atoms with Crippen molar-refractivity contribution >= 4 is 0 Å². The second-order valence-corrected chi connectivity index (χ2v) is 3.35. The standard InChI is InChI=1S/C11H15F2NO2/c12-11(13,9-15)8-14-6-7-16-10-4-2-1-3-5-10/h1-5,14-15H,6-9H2. The highest BCUT2D eigenvalue weighted by molar-refractivity contribution is 5.20. The first-order chi connectivity index (χ1) is 7.64. The second-order valence-electron chi connectivity index (χ2n) is 3.35. The first-order valence-electron chi connectivity index (χ1n) is 5.01. The molecule has 3 nitrogen and oxygen atoms in total. The Labute approximate surface area is 93.0 Å². The van der Waals surface area contributed by atoms with E-state index >= 15 is 0 Å². The van der Waals surface area contributed by atoms with Crippen molar-refractivity contribution in [1.29, 1.82) is 0 Å². The minimum absolute atomic E-state index is 0.310. The molecule has 90 valence electrons. The van der Waals surface area contributed by atoms with E-state index < -0.39 is 19.1 Å². The first kappa shape index (κ1) is 12.9. The molecule has 5 heteroatoms. The van der Waals surface area contributed by atoms with Gasteiger partial charge in [-0.3, -0.25) is 0 Å². The average Bonchev–Trinajstić information content (AvgIpc) is 2.30. The molecule has 16 heavy (non-hydrogen) atoms. The highest BCUT2D eigenvalue weighted by Gasteiger charge is 2.26. The molecule has 0 heterocycles. The van der Waals surface area contributed by atoms with E-state index in [9.17, 15) is 8.78 Å². The molecule has 0 amide bonds. The van der Waals surface area contributed by atoms with E-state index in [1.54, 1.807) is 12.1 Å². The molecule has 0 atom stereocenters. The zero-order valence-electron chi connectivity index (χ0n) is 8.83. The van der Waals surface area contributed by atoms with Gasteiger partial charge in [0.1, 0.15) is 19.0 Å². The number of rotatable bonds is 7. The van der Waals surface area contributed by atoms with Gasteiger partial charge in [-0.15, -0.1) is 0 Å². The number of benzene rings is 1. The van der Waals surface area contributed by atoms with E-state index in [-0.39, 0.29) is 0 Å². The molecule has 0 aliphatic rings. The summed E-state index contributed by atoms with van der Waals surface area (Å²) in [6.07, 6.45) is 0. The van der Waals surface area contributed by atoms with Crippen molar-refractivity contribution in [1.82, 2.24) is 5.32 Å². The van der Waals surface area contributed by atoms with Crippen molar-refractivity contribution in [2.45, 2.75) is 5.92 Å². The van der Waals surface area contributed by atoms with E-state index in [1.807, 2.05) is 18.2 Å². The van der Waals surface area contributed by atoms with Crippen LogP contribution in [0.3, 0.4) is 0 Å². The van der Waals surface area contributed by atoms with Crippen molar-refractivity contribution in [3.05, 3.63) is 30.3 Å². The lowest BCUT2D eigenvalue weighted by atomic mass is 10.3. The Kier molecular flexibility index (Phi) is 5.14. The molecule has 0 saturated carbocycles. The van der Waals surface area contributed by atoms with Gasteiger partial charge < -0.3 is 15.2 Å². The van der Waals surface area contributed by atoms with Crippen molar-refractivity contribution in [3.8, 4) is 5.75 Å². The van der Waals surface area contributed by atoms with Gasteiger partial charge in [0.05, 0.1) is 6.54 Å². The molecule has 0 spiro atoms. The fraction of sp³-hybridized carbons (Fsp3) is 0.455. The van der Waals surface area contributed by atoms with Crippen molar-refractivity contribution < 1.29 is 18.6 Å². The normalized spacial score (nSPS) is 11.4. The molecule has 0 radical (unpaired) electrons. The molecule has 1 rings (SSSR count). The van der Waals surface area contributed by atoms with Crippen LogP contribution in [0.4, 0.5) is 8.78 Å². The average molecular weight is 231 g/mol. The number of hydrogen-bond donors (Lipinski definition) is 2. The first-order valence-corrected chi connectivity index (χ1v) is 5.01. The van der Waals surface area contributed by atoms with Gasteiger partial charge in [0.25, 0.3) is 5.92 Å². The number of alkyl halides is 2. The number of halogens is 2. The van der Waals surface area contributed by atoms with Gasteiger partial charge in [0.15, 0.2) is 0 Å². The lowest BCUT2D eigenvalue weighted by Crippen LogP contribution is -2.37. The quantitative estimate of drug-likeness (QED) is 0.695. The zero-order chi connectivity index (χ0) is 11.9. The minimum atomic E-state index is -3.06. The zero-order valence-corrected chi connectivity index (χ0v) is 8.83. The van der Waals surface area contributed by atoms with E-state index in [4.69, 9.17) is 9.84 Å². The Hall–Kier alpha value is -1.20. The number of aliphatic hydroxyl groups excluding tert-OH is 1. The van der Waals surface area contributed by atoms with Gasteiger partial charge in [-0.2, -0.15) is 0 Å². The molecule has 1 aromatic rings. The van der Waals surface area contributed by atoms with Crippen LogP contribution in [0, 0.1) is 0 Å². The topological polar surface area (TPSA) is 41.5 Å². The maximum atomic E-state index is 12.5. The Morgan fingerprint density at radius 1 is 1.25 bits per heavy atom. The molecular formula is C11H15F2NO2. The molecule has 0 saturated heterocycles. The molecule has 1 aromatic carbocycles. The van der Waals surface area contributed by atoms with Crippen LogP contribution >= 0.6 is 0 Å². The van der Waals surface area contributed by atoms with Crippen LogP contribution in [0.1, 0.15) is 0 Å². The fourth-order valence-electron chi connectivity index (χ4n) is 1.08. The van der Waals surface area contributed by atoms with Gasteiger partial charge >= 0.3 is 0 Å². The third-order valence-corrected chi connectivity index (χ3v) is 1.91. The predicted molar refractivity (Wildman–Crippen MR) is 56.8 cm³/mol. The fourth-order valence-corrected chi connectivity index (χ4v) is 1.08. The van der Waals surface area contributed by atoms with Crippen molar-refractivity contribution in [2.24, 2.45) is 0 Å². The largest absolute Gasteiger partial charge is 0.492 e. The SMILES string of the molecule is OCC(F)(F)CNCCOc1ccccc1. The number of hydrogen-bond acceptors (Lipinski definition) is 3. The monoisotopic (exact) mass is 231 g/mol. The summed E-state index contributed by atoms with van der Waals surface area (Å²) in [4.78, 5) is 0. The molecule has 0 aliphatic heterocycles. The highest BCUT2D eigenvalue weighted by Crippen LogP contribution is 2.10. The second kappa shape index (κ2) is 6.40. The molecular weight excluding hydrogens is 216 g/mol. The van der Waals surface area contributed by atoms with Gasteiger partial charge in [0, 0.05) is 6.54 Å². The van der Waals surface area contributed by atoms with Crippen molar-refractivity contribution in [2.75, 3.05) is 26.3 Å². The van der Waals surface area contributed by atoms with Gasteiger partial charge in [-0.25, -0.2) is 8.78 Å². The maximum absolute atomic E-state index is 12.5. The third kappa shape index (κ3) is 5.04. The number of nitrogens with one attached hydrogen (secondary N) is 1. The highest BCUT2D eigenvalue weighted by atomic mass is 19.3. The van der Waals surface area contributed by atoms with Crippen LogP contribution in [0.5, 0.6) is 5.75 Å². The van der Waals surface area contributed by atoms with Crippen LogP contribution in [-0.2, 0) is 0 Å². The maximum Gasteiger partial charge on any atom is 0.282 e. The third-order valence-electron chi connectivity index (χ3n) is 1.91. The number of aliphatic hydroxyl groups is 1. The molecule has 0 fully saturated rings. The minimum Gasteiger partial charge on any atom is -0.492 e. The van der Waals surface area contributed by atoms with Gasteiger partial charge in [-0.1, -0.05) is 18.2 Å². The van der Waals surface area contributed by atoms with Crippen LogP contribution in [0.15, 0.2) is 30.3 Å². The molecule has 0 unspecified atom stereocenters. The summed E-state index contributed by atoms with van der Waals surface area (Å²) < 4.78 is 30.4. The van der Waals surface area contributed by atoms with Crippen LogP contribution in [0.25, 0.3) is 0 Å². The number of ether oxygens (including phenoxy) is 1. The summed E-state index contributed by atoms with van der Waals surface area (Å²) in [5.74, 6) is -2.36. The van der Waals surface area contributed by atoms with Gasteiger partial charge in [-0.05, 0) is 12.1 Å². The summed E-state index contributed by atoms with van der Waals surface area (Å²) >= 11 is 0. The van der Waals surface area contributed by atoms with Crippen LogP contribution < -0.4 is 10.1 Å².